The fourth-order valence-corrected chi connectivity index (χ4v) is 3.14. The van der Waals surface area contributed by atoms with Crippen molar-refractivity contribution in [3.05, 3.63) is 78.4 Å². The average molecular weight is 434 g/mol. The summed E-state index contributed by atoms with van der Waals surface area (Å²) in [6.45, 7) is 9.27. The van der Waals surface area contributed by atoms with Crippen LogP contribution in [0.15, 0.2) is 67.3 Å². The van der Waals surface area contributed by atoms with Crippen molar-refractivity contribution in [1.29, 1.82) is 0 Å². The molecule has 0 aliphatic heterocycles. The van der Waals surface area contributed by atoms with E-state index in [2.05, 4.69) is 24.1 Å². The minimum Gasteiger partial charge on any atom is -0.490 e. The predicted molar refractivity (Wildman–Crippen MR) is 127 cm³/mol. The number of carbonyl (C=O) groups excluding carboxylic acids is 1. The number of amides is 1. The molecule has 1 N–H and O–H groups in total. The zero-order chi connectivity index (χ0) is 22.9. The van der Waals surface area contributed by atoms with E-state index < -0.39 is 0 Å². The molecule has 32 heavy (non-hydrogen) atoms. The third kappa shape index (κ3) is 6.48. The Balaban J connectivity index is 1.61. The standard InChI is InChI=1S/C26H31N3O3/c1-5-31-25-16-21(6-12-24(25)32-17-19(2)3)7-13-26(30)28-20(4)22-8-10-23(11-9-22)29-15-14-27-18-29/h6-16,18-20H,5,17H2,1-4H3,(H,28,30). The number of nitrogens with zero attached hydrogens (tertiary/aromatic N) is 2. The first-order valence-corrected chi connectivity index (χ1v) is 10.9. The second-order valence-electron chi connectivity index (χ2n) is 7.97. The molecule has 0 saturated heterocycles. The molecule has 0 radical (unpaired) electrons. The third-order valence-electron chi connectivity index (χ3n) is 4.82. The number of carbonyl (C=O) groups is 1. The van der Waals surface area contributed by atoms with Crippen LogP contribution in [0.2, 0.25) is 0 Å². The first-order valence-electron chi connectivity index (χ1n) is 10.9. The number of rotatable bonds is 10. The summed E-state index contributed by atoms with van der Waals surface area (Å²) in [5.74, 6) is 1.67. The van der Waals surface area contributed by atoms with Gasteiger partial charge in [0.05, 0.1) is 25.6 Å². The van der Waals surface area contributed by atoms with Crippen molar-refractivity contribution in [2.45, 2.75) is 33.7 Å². The minimum absolute atomic E-state index is 0.116. The molecule has 6 heteroatoms. The molecule has 3 aromatic rings. The zero-order valence-electron chi connectivity index (χ0n) is 19.1. The lowest BCUT2D eigenvalue weighted by Crippen LogP contribution is -2.24. The summed E-state index contributed by atoms with van der Waals surface area (Å²) in [5.41, 5.74) is 2.93. The molecular formula is C26H31N3O3. The highest BCUT2D eigenvalue weighted by Crippen LogP contribution is 2.29. The molecule has 2 aromatic carbocycles. The van der Waals surface area contributed by atoms with Gasteiger partial charge in [0.2, 0.25) is 5.91 Å². The Labute approximate surface area is 189 Å². The molecule has 1 heterocycles. The second kappa shape index (κ2) is 11.2. The van der Waals surface area contributed by atoms with Crippen molar-refractivity contribution < 1.29 is 14.3 Å². The second-order valence-corrected chi connectivity index (χ2v) is 7.97. The molecule has 0 fully saturated rings. The normalized spacial score (nSPS) is 12.2. The van der Waals surface area contributed by atoms with E-state index in [0.717, 1.165) is 22.6 Å². The first kappa shape index (κ1) is 23.1. The number of imidazole rings is 1. The van der Waals surface area contributed by atoms with Crippen LogP contribution in [0.1, 0.15) is 44.9 Å². The number of hydrogen-bond acceptors (Lipinski definition) is 4. The van der Waals surface area contributed by atoms with Crippen molar-refractivity contribution >= 4 is 12.0 Å². The highest BCUT2D eigenvalue weighted by Gasteiger charge is 2.09. The molecule has 3 rings (SSSR count). The van der Waals surface area contributed by atoms with Gasteiger partial charge in [-0.15, -0.1) is 0 Å². The molecule has 0 bridgehead atoms. The monoisotopic (exact) mass is 433 g/mol. The van der Waals surface area contributed by atoms with Crippen molar-refractivity contribution in [3.63, 3.8) is 0 Å². The van der Waals surface area contributed by atoms with E-state index in [1.165, 1.54) is 6.08 Å². The van der Waals surface area contributed by atoms with Crippen LogP contribution in [-0.4, -0.2) is 28.7 Å². The maximum atomic E-state index is 12.4. The van der Waals surface area contributed by atoms with E-state index in [1.54, 1.807) is 18.6 Å². The Morgan fingerprint density at radius 1 is 1.09 bits per heavy atom. The summed E-state index contributed by atoms with van der Waals surface area (Å²) in [6, 6.07) is 13.6. The molecular weight excluding hydrogens is 402 g/mol. The lowest BCUT2D eigenvalue weighted by atomic mass is 10.1. The number of hydrogen-bond donors (Lipinski definition) is 1. The van der Waals surface area contributed by atoms with Crippen LogP contribution >= 0.6 is 0 Å². The summed E-state index contributed by atoms with van der Waals surface area (Å²) in [6.07, 6.45) is 8.71. The van der Waals surface area contributed by atoms with E-state index in [-0.39, 0.29) is 11.9 Å². The van der Waals surface area contributed by atoms with Gasteiger partial charge in [-0.2, -0.15) is 0 Å². The van der Waals surface area contributed by atoms with Crippen molar-refractivity contribution in [3.8, 4) is 17.2 Å². The number of ether oxygens (including phenoxy) is 2. The molecule has 6 nitrogen and oxygen atoms in total. The van der Waals surface area contributed by atoms with Gasteiger partial charge in [-0.3, -0.25) is 4.79 Å². The van der Waals surface area contributed by atoms with Crippen LogP contribution < -0.4 is 14.8 Å². The Bertz CT molecular complexity index is 1020. The topological polar surface area (TPSA) is 65.4 Å². The SMILES string of the molecule is CCOc1cc(C=CC(=O)NC(C)c2ccc(-n3ccnc3)cc2)ccc1OCC(C)C. The third-order valence-corrected chi connectivity index (χ3v) is 4.82. The van der Waals surface area contributed by atoms with E-state index in [0.29, 0.717) is 24.9 Å². The van der Waals surface area contributed by atoms with Crippen molar-refractivity contribution in [2.75, 3.05) is 13.2 Å². The van der Waals surface area contributed by atoms with Gasteiger partial charge in [-0.1, -0.05) is 32.0 Å². The van der Waals surface area contributed by atoms with Gasteiger partial charge in [0.25, 0.3) is 0 Å². The molecule has 0 aliphatic carbocycles. The van der Waals surface area contributed by atoms with Gasteiger partial charge in [0, 0.05) is 24.2 Å². The highest BCUT2D eigenvalue weighted by atomic mass is 16.5. The summed E-state index contributed by atoms with van der Waals surface area (Å²) in [7, 11) is 0. The Morgan fingerprint density at radius 3 is 2.53 bits per heavy atom. The molecule has 1 unspecified atom stereocenters. The van der Waals surface area contributed by atoms with E-state index >= 15 is 0 Å². The van der Waals surface area contributed by atoms with Crippen LogP contribution in [0, 0.1) is 5.92 Å². The molecule has 0 aliphatic rings. The Morgan fingerprint density at radius 2 is 1.88 bits per heavy atom. The van der Waals surface area contributed by atoms with Gasteiger partial charge in [0.15, 0.2) is 11.5 Å². The lowest BCUT2D eigenvalue weighted by molar-refractivity contribution is -0.117. The van der Waals surface area contributed by atoms with Crippen molar-refractivity contribution in [1.82, 2.24) is 14.9 Å². The largest absolute Gasteiger partial charge is 0.490 e. The molecule has 1 atom stereocenters. The van der Waals surface area contributed by atoms with E-state index in [9.17, 15) is 4.79 Å². The number of aromatic nitrogens is 2. The zero-order valence-corrected chi connectivity index (χ0v) is 19.1. The molecule has 1 amide bonds. The van der Waals surface area contributed by atoms with E-state index in [4.69, 9.17) is 9.47 Å². The summed E-state index contributed by atoms with van der Waals surface area (Å²) >= 11 is 0. The summed E-state index contributed by atoms with van der Waals surface area (Å²) in [5, 5.41) is 3.00. The maximum absolute atomic E-state index is 12.4. The molecule has 168 valence electrons. The van der Waals surface area contributed by atoms with Gasteiger partial charge in [-0.05, 0) is 61.2 Å². The van der Waals surface area contributed by atoms with Crippen LogP contribution in [0.3, 0.4) is 0 Å². The predicted octanol–water partition coefficient (Wildman–Crippen LogP) is 5.20. The number of benzene rings is 2. The van der Waals surface area contributed by atoms with Gasteiger partial charge in [0.1, 0.15) is 0 Å². The highest BCUT2D eigenvalue weighted by molar-refractivity contribution is 5.92. The van der Waals surface area contributed by atoms with Crippen molar-refractivity contribution in [2.24, 2.45) is 5.92 Å². The maximum Gasteiger partial charge on any atom is 0.244 e. The fourth-order valence-electron chi connectivity index (χ4n) is 3.14. The van der Waals surface area contributed by atoms with Crippen LogP contribution in [-0.2, 0) is 4.79 Å². The summed E-state index contributed by atoms with van der Waals surface area (Å²) < 4.78 is 13.5. The lowest BCUT2D eigenvalue weighted by Gasteiger charge is -2.14. The average Bonchev–Trinajstić information content (AvgIpc) is 3.32. The number of nitrogens with one attached hydrogen (secondary N) is 1. The minimum atomic E-state index is -0.158. The van der Waals surface area contributed by atoms with E-state index in [1.807, 2.05) is 67.1 Å². The van der Waals surface area contributed by atoms with Gasteiger partial charge >= 0.3 is 0 Å². The fraction of sp³-hybridized carbons (Fsp3) is 0.308. The molecule has 0 spiro atoms. The van der Waals surface area contributed by atoms with Crippen LogP contribution in [0.25, 0.3) is 11.8 Å². The molecule has 0 saturated carbocycles. The van der Waals surface area contributed by atoms with Crippen LogP contribution in [0.5, 0.6) is 11.5 Å². The smallest absolute Gasteiger partial charge is 0.244 e. The Hall–Kier alpha value is -3.54. The Kier molecular flexibility index (Phi) is 8.08. The quantitative estimate of drug-likeness (QED) is 0.447. The molecule has 1 aromatic heterocycles. The van der Waals surface area contributed by atoms with Crippen LogP contribution in [0.4, 0.5) is 0 Å². The van der Waals surface area contributed by atoms with Gasteiger partial charge in [-0.25, -0.2) is 4.98 Å². The van der Waals surface area contributed by atoms with Gasteiger partial charge < -0.3 is 19.4 Å². The first-order chi connectivity index (χ1) is 15.5. The summed E-state index contributed by atoms with van der Waals surface area (Å²) in [4.78, 5) is 16.5.